The molecular formula is C18H34O4. The van der Waals surface area contributed by atoms with E-state index in [0.29, 0.717) is 6.42 Å². The van der Waals surface area contributed by atoms with Crippen LogP contribution in [0.15, 0.2) is 0 Å². The summed E-state index contributed by atoms with van der Waals surface area (Å²) in [6.07, 6.45) is 0.969. The van der Waals surface area contributed by atoms with Crippen LogP contribution in [-0.4, -0.2) is 28.6 Å². The molecule has 0 unspecified atom stereocenters. The summed E-state index contributed by atoms with van der Waals surface area (Å²) >= 11 is 0. The van der Waals surface area contributed by atoms with Crippen molar-refractivity contribution in [2.24, 2.45) is 5.92 Å². The van der Waals surface area contributed by atoms with E-state index >= 15 is 0 Å². The van der Waals surface area contributed by atoms with Gasteiger partial charge in [-0.1, -0.05) is 13.8 Å². The van der Waals surface area contributed by atoms with Crippen LogP contribution in [0.1, 0.15) is 81.6 Å². The molecule has 0 spiro atoms. The van der Waals surface area contributed by atoms with E-state index in [2.05, 4.69) is 0 Å². The molecule has 0 aromatic rings. The molecule has 0 saturated carbocycles. The van der Waals surface area contributed by atoms with Gasteiger partial charge in [-0.2, -0.15) is 0 Å². The van der Waals surface area contributed by atoms with Crippen LogP contribution in [0.25, 0.3) is 0 Å². The van der Waals surface area contributed by atoms with Crippen molar-refractivity contribution in [2.75, 3.05) is 0 Å². The van der Waals surface area contributed by atoms with Crippen molar-refractivity contribution < 1.29 is 19.1 Å². The average molecular weight is 314 g/mol. The van der Waals surface area contributed by atoms with Crippen molar-refractivity contribution >= 4 is 11.8 Å². The summed E-state index contributed by atoms with van der Waals surface area (Å²) in [5, 5.41) is 0. The molecule has 0 aliphatic carbocycles. The van der Waals surface area contributed by atoms with Gasteiger partial charge in [0.1, 0.15) is 11.4 Å². The molecule has 0 fully saturated rings. The average Bonchev–Trinajstić information content (AvgIpc) is 2.18. The van der Waals surface area contributed by atoms with Crippen molar-refractivity contribution in [3.63, 3.8) is 0 Å². The van der Waals surface area contributed by atoms with Crippen molar-refractivity contribution in [1.29, 1.82) is 0 Å². The van der Waals surface area contributed by atoms with E-state index in [9.17, 15) is 9.59 Å². The van der Waals surface area contributed by atoms with Gasteiger partial charge in [0.05, 0.1) is 17.6 Å². The fraction of sp³-hybridized carbons (Fsp3) is 0.889. The van der Waals surface area contributed by atoms with Gasteiger partial charge in [0.2, 0.25) is 0 Å². The number of hydrogen-bond donors (Lipinski definition) is 0. The molecule has 4 heteroatoms. The maximum absolute atomic E-state index is 11.9. The fourth-order valence-corrected chi connectivity index (χ4v) is 2.80. The number of Topliss-reactive ketones (excluding diaryl/α,β-unsaturated/α-hetero) is 1. The van der Waals surface area contributed by atoms with E-state index in [1.54, 1.807) is 0 Å². The van der Waals surface area contributed by atoms with Gasteiger partial charge < -0.3 is 9.47 Å². The Morgan fingerprint density at radius 1 is 0.864 bits per heavy atom. The lowest BCUT2D eigenvalue weighted by Crippen LogP contribution is -2.42. The third kappa shape index (κ3) is 9.93. The molecule has 4 nitrogen and oxygen atoms in total. The Balaban J connectivity index is 4.50. The standard InChI is InChI=1S/C18H34O4/c1-13(2)14(19)10-11-15(20)21-17(6,7)12-18(8,9)22-16(3,4)5/h13H,10-12H2,1-9H3. The molecule has 0 N–H and O–H groups in total. The zero-order valence-corrected chi connectivity index (χ0v) is 15.8. The minimum Gasteiger partial charge on any atom is -0.460 e. The summed E-state index contributed by atoms with van der Waals surface area (Å²) < 4.78 is 11.6. The normalized spacial score (nSPS) is 13.4. The molecule has 0 radical (unpaired) electrons. The number of carbonyl (C=O) groups is 2. The van der Waals surface area contributed by atoms with E-state index < -0.39 is 11.2 Å². The summed E-state index contributed by atoms with van der Waals surface area (Å²) in [5.74, 6) is -0.281. The van der Waals surface area contributed by atoms with Crippen molar-refractivity contribution in [2.45, 2.75) is 98.4 Å². The monoisotopic (exact) mass is 314 g/mol. The predicted molar refractivity (Wildman–Crippen MR) is 88.8 cm³/mol. The predicted octanol–water partition coefficient (Wildman–Crippen LogP) is 4.30. The van der Waals surface area contributed by atoms with Crippen LogP contribution in [0.3, 0.4) is 0 Å². The van der Waals surface area contributed by atoms with Gasteiger partial charge in [-0.3, -0.25) is 9.59 Å². The summed E-state index contributed by atoms with van der Waals surface area (Å²) in [6.45, 7) is 17.4. The minimum absolute atomic E-state index is 0.0417. The molecule has 0 amide bonds. The highest BCUT2D eigenvalue weighted by molar-refractivity contribution is 5.84. The van der Waals surface area contributed by atoms with Gasteiger partial charge in [0.15, 0.2) is 0 Å². The van der Waals surface area contributed by atoms with E-state index in [0.717, 1.165) is 0 Å². The van der Waals surface area contributed by atoms with E-state index in [-0.39, 0.29) is 36.1 Å². The quantitative estimate of drug-likeness (QED) is 0.627. The highest BCUT2D eigenvalue weighted by atomic mass is 16.6. The molecule has 0 aliphatic heterocycles. The summed E-state index contributed by atoms with van der Waals surface area (Å²) in [4.78, 5) is 23.5. The summed E-state index contributed by atoms with van der Waals surface area (Å²) in [6, 6.07) is 0. The number of ketones is 1. The lowest BCUT2D eigenvalue weighted by molar-refractivity contribution is -0.172. The molecule has 0 aromatic carbocycles. The third-order valence-corrected chi connectivity index (χ3v) is 3.04. The fourth-order valence-electron chi connectivity index (χ4n) is 2.80. The van der Waals surface area contributed by atoms with Crippen molar-refractivity contribution in [3.05, 3.63) is 0 Å². The zero-order valence-electron chi connectivity index (χ0n) is 15.8. The first-order valence-electron chi connectivity index (χ1n) is 8.08. The Hall–Kier alpha value is -0.900. The first-order chi connectivity index (χ1) is 9.64. The second-order valence-electron chi connectivity index (χ2n) is 8.51. The van der Waals surface area contributed by atoms with Crippen LogP contribution >= 0.6 is 0 Å². The molecule has 0 bridgehead atoms. The molecule has 0 atom stereocenters. The van der Waals surface area contributed by atoms with Gasteiger partial charge in [-0.25, -0.2) is 0 Å². The first-order valence-corrected chi connectivity index (χ1v) is 8.08. The molecule has 0 aliphatic rings. The second-order valence-corrected chi connectivity index (χ2v) is 8.51. The molecular weight excluding hydrogens is 280 g/mol. The van der Waals surface area contributed by atoms with Gasteiger partial charge in [-0.15, -0.1) is 0 Å². The highest BCUT2D eigenvalue weighted by Crippen LogP contribution is 2.30. The molecule has 22 heavy (non-hydrogen) atoms. The Bertz CT molecular complexity index is 386. The van der Waals surface area contributed by atoms with Crippen LogP contribution in [0, 0.1) is 5.92 Å². The SMILES string of the molecule is CC(C)C(=O)CCC(=O)OC(C)(C)CC(C)(C)OC(C)(C)C. The molecule has 130 valence electrons. The summed E-state index contributed by atoms with van der Waals surface area (Å²) in [7, 11) is 0. The Morgan fingerprint density at radius 3 is 1.77 bits per heavy atom. The van der Waals surface area contributed by atoms with Gasteiger partial charge in [0, 0.05) is 18.8 Å². The van der Waals surface area contributed by atoms with Crippen LogP contribution in [0.4, 0.5) is 0 Å². The number of carbonyl (C=O) groups excluding carboxylic acids is 2. The Kier molecular flexibility index (Phi) is 7.27. The third-order valence-electron chi connectivity index (χ3n) is 3.04. The van der Waals surface area contributed by atoms with E-state index in [4.69, 9.17) is 9.47 Å². The molecule has 0 saturated heterocycles. The number of hydrogen-bond acceptors (Lipinski definition) is 4. The van der Waals surface area contributed by atoms with E-state index in [1.807, 2.05) is 62.3 Å². The van der Waals surface area contributed by atoms with E-state index in [1.165, 1.54) is 0 Å². The Labute approximate surface area is 135 Å². The van der Waals surface area contributed by atoms with Crippen molar-refractivity contribution in [3.8, 4) is 0 Å². The zero-order chi connectivity index (χ0) is 17.8. The maximum atomic E-state index is 11.9. The number of ether oxygens (including phenoxy) is 2. The van der Waals surface area contributed by atoms with Gasteiger partial charge >= 0.3 is 5.97 Å². The Morgan fingerprint density at radius 2 is 1.36 bits per heavy atom. The molecule has 0 heterocycles. The lowest BCUT2D eigenvalue weighted by Gasteiger charge is -2.39. The molecule has 0 rings (SSSR count). The minimum atomic E-state index is -0.632. The lowest BCUT2D eigenvalue weighted by atomic mass is 9.91. The highest BCUT2D eigenvalue weighted by Gasteiger charge is 2.35. The smallest absolute Gasteiger partial charge is 0.306 e. The summed E-state index contributed by atoms with van der Waals surface area (Å²) in [5.41, 5.74) is -1.30. The maximum Gasteiger partial charge on any atom is 0.306 e. The van der Waals surface area contributed by atoms with Crippen LogP contribution in [0.5, 0.6) is 0 Å². The second kappa shape index (κ2) is 7.58. The number of esters is 1. The van der Waals surface area contributed by atoms with Gasteiger partial charge in [-0.05, 0) is 48.5 Å². The number of rotatable bonds is 8. The first kappa shape index (κ1) is 21.1. The van der Waals surface area contributed by atoms with Crippen molar-refractivity contribution in [1.82, 2.24) is 0 Å². The largest absolute Gasteiger partial charge is 0.460 e. The topological polar surface area (TPSA) is 52.6 Å². The van der Waals surface area contributed by atoms with Gasteiger partial charge in [0.25, 0.3) is 0 Å². The van der Waals surface area contributed by atoms with Crippen LogP contribution in [-0.2, 0) is 19.1 Å². The van der Waals surface area contributed by atoms with Crippen LogP contribution in [0.2, 0.25) is 0 Å². The van der Waals surface area contributed by atoms with Crippen LogP contribution < -0.4 is 0 Å². The molecule has 0 aromatic heterocycles.